The third-order valence-electron chi connectivity index (χ3n) is 2.69. The second-order valence-electron chi connectivity index (χ2n) is 4.40. The highest BCUT2D eigenvalue weighted by Crippen LogP contribution is 2.21. The average Bonchev–Trinajstić information content (AvgIpc) is 2.69. The van der Waals surface area contributed by atoms with Gasteiger partial charge in [0.05, 0.1) is 5.75 Å². The molecule has 1 saturated heterocycles. The Labute approximate surface area is 100 Å². The Hall–Kier alpha value is -0.710. The molecule has 1 atom stereocenters. The van der Waals surface area contributed by atoms with E-state index in [1.54, 1.807) is 0 Å². The number of carboxylic acids is 1. The topological polar surface area (TPSA) is 57.6 Å². The Morgan fingerprint density at radius 3 is 2.31 bits per heavy atom. The molecule has 1 fully saturated rings. The summed E-state index contributed by atoms with van der Waals surface area (Å²) in [6.07, 6.45) is 2.14. The highest BCUT2D eigenvalue weighted by molar-refractivity contribution is 8.01. The van der Waals surface area contributed by atoms with Crippen molar-refractivity contribution in [1.82, 2.24) is 4.90 Å². The SMILES string of the molecule is CC(C)C(SCC(=O)N1CCCC1)C(=O)O. The predicted molar refractivity (Wildman–Crippen MR) is 64.5 cm³/mol. The maximum atomic E-state index is 11.7. The first kappa shape index (κ1) is 13.4. The van der Waals surface area contributed by atoms with Crippen LogP contribution in [0.1, 0.15) is 26.7 Å². The van der Waals surface area contributed by atoms with Gasteiger partial charge in [-0.1, -0.05) is 13.8 Å². The van der Waals surface area contributed by atoms with Crippen LogP contribution in [0.15, 0.2) is 0 Å². The van der Waals surface area contributed by atoms with Gasteiger partial charge in [0.2, 0.25) is 5.91 Å². The summed E-state index contributed by atoms with van der Waals surface area (Å²) < 4.78 is 0. The van der Waals surface area contributed by atoms with Gasteiger partial charge in [0.25, 0.3) is 0 Å². The van der Waals surface area contributed by atoms with E-state index in [9.17, 15) is 9.59 Å². The highest BCUT2D eigenvalue weighted by atomic mass is 32.2. The molecular formula is C11H19NO3S. The smallest absolute Gasteiger partial charge is 0.316 e. The molecule has 0 radical (unpaired) electrons. The van der Waals surface area contributed by atoms with Crippen LogP contribution in [0.2, 0.25) is 0 Å². The molecule has 1 N–H and O–H groups in total. The van der Waals surface area contributed by atoms with Crippen molar-refractivity contribution in [2.24, 2.45) is 5.92 Å². The minimum absolute atomic E-state index is 0.0499. The summed E-state index contributed by atoms with van der Waals surface area (Å²) in [4.78, 5) is 24.5. The lowest BCUT2D eigenvalue weighted by atomic mass is 10.1. The van der Waals surface area contributed by atoms with Crippen molar-refractivity contribution in [3.63, 3.8) is 0 Å². The van der Waals surface area contributed by atoms with Gasteiger partial charge in [-0.3, -0.25) is 9.59 Å². The van der Waals surface area contributed by atoms with Crippen molar-refractivity contribution in [3.8, 4) is 0 Å². The standard InChI is InChI=1S/C11H19NO3S/c1-8(2)10(11(14)15)16-7-9(13)12-5-3-4-6-12/h8,10H,3-7H2,1-2H3,(H,14,15). The van der Waals surface area contributed by atoms with Crippen molar-refractivity contribution in [3.05, 3.63) is 0 Å². The van der Waals surface area contributed by atoms with E-state index in [-0.39, 0.29) is 17.6 Å². The van der Waals surface area contributed by atoms with E-state index in [0.29, 0.717) is 0 Å². The van der Waals surface area contributed by atoms with Gasteiger partial charge in [0.1, 0.15) is 5.25 Å². The van der Waals surface area contributed by atoms with Crippen molar-refractivity contribution in [2.75, 3.05) is 18.8 Å². The van der Waals surface area contributed by atoms with E-state index >= 15 is 0 Å². The first-order valence-corrected chi connectivity index (χ1v) is 6.69. The number of rotatable bonds is 5. The third kappa shape index (κ3) is 3.70. The molecule has 92 valence electrons. The van der Waals surface area contributed by atoms with Crippen LogP contribution in [-0.2, 0) is 9.59 Å². The minimum Gasteiger partial charge on any atom is -0.480 e. The Balaban J connectivity index is 2.36. The number of carbonyl (C=O) groups is 2. The summed E-state index contributed by atoms with van der Waals surface area (Å²) in [5, 5.41) is 8.50. The van der Waals surface area contributed by atoms with E-state index in [0.717, 1.165) is 25.9 Å². The van der Waals surface area contributed by atoms with Crippen LogP contribution in [0.5, 0.6) is 0 Å². The third-order valence-corrected chi connectivity index (χ3v) is 4.21. The summed E-state index contributed by atoms with van der Waals surface area (Å²) in [5.74, 6) is -0.410. The van der Waals surface area contributed by atoms with Gasteiger partial charge in [0.15, 0.2) is 0 Å². The molecular weight excluding hydrogens is 226 g/mol. The fourth-order valence-electron chi connectivity index (χ4n) is 1.77. The minimum atomic E-state index is -0.825. The lowest BCUT2D eigenvalue weighted by Gasteiger charge is -2.18. The number of hydrogen-bond acceptors (Lipinski definition) is 3. The molecule has 1 rings (SSSR count). The number of carbonyl (C=O) groups excluding carboxylic acids is 1. The normalized spacial score (nSPS) is 17.8. The van der Waals surface area contributed by atoms with Gasteiger partial charge >= 0.3 is 5.97 Å². The molecule has 1 unspecified atom stereocenters. The molecule has 0 spiro atoms. The molecule has 0 saturated carbocycles. The van der Waals surface area contributed by atoms with Crippen LogP contribution in [0.4, 0.5) is 0 Å². The number of nitrogens with zero attached hydrogens (tertiary/aromatic N) is 1. The first-order chi connectivity index (χ1) is 7.52. The molecule has 0 bridgehead atoms. The number of carboxylic acid groups (broad SMARTS) is 1. The van der Waals surface area contributed by atoms with E-state index in [1.807, 2.05) is 18.7 Å². The lowest BCUT2D eigenvalue weighted by Crippen LogP contribution is -2.31. The van der Waals surface area contributed by atoms with Gasteiger partial charge < -0.3 is 10.0 Å². The average molecular weight is 245 g/mol. The fraction of sp³-hybridized carbons (Fsp3) is 0.818. The molecule has 16 heavy (non-hydrogen) atoms. The number of hydrogen-bond donors (Lipinski definition) is 1. The molecule has 5 heteroatoms. The molecule has 1 aliphatic heterocycles. The largest absolute Gasteiger partial charge is 0.480 e. The fourth-order valence-corrected chi connectivity index (χ4v) is 2.80. The van der Waals surface area contributed by atoms with E-state index in [4.69, 9.17) is 5.11 Å². The zero-order valence-corrected chi connectivity index (χ0v) is 10.6. The summed E-state index contributed by atoms with van der Waals surface area (Å²) in [6.45, 7) is 5.40. The second kappa shape index (κ2) is 6.13. The van der Waals surface area contributed by atoms with Gasteiger partial charge in [-0.05, 0) is 18.8 Å². The van der Waals surface area contributed by atoms with Crippen molar-refractivity contribution in [1.29, 1.82) is 0 Å². The van der Waals surface area contributed by atoms with Crippen LogP contribution in [0.3, 0.4) is 0 Å². The lowest BCUT2D eigenvalue weighted by molar-refractivity contribution is -0.137. The quantitative estimate of drug-likeness (QED) is 0.796. The molecule has 1 amide bonds. The highest BCUT2D eigenvalue weighted by Gasteiger charge is 2.25. The molecule has 0 aromatic heterocycles. The van der Waals surface area contributed by atoms with Gasteiger partial charge in [-0.25, -0.2) is 0 Å². The zero-order valence-electron chi connectivity index (χ0n) is 9.81. The van der Waals surface area contributed by atoms with Crippen LogP contribution >= 0.6 is 11.8 Å². The Morgan fingerprint density at radius 1 is 1.31 bits per heavy atom. The van der Waals surface area contributed by atoms with Gasteiger partial charge in [0, 0.05) is 13.1 Å². The number of amides is 1. The van der Waals surface area contributed by atoms with Crippen LogP contribution in [0.25, 0.3) is 0 Å². The van der Waals surface area contributed by atoms with Crippen LogP contribution in [0, 0.1) is 5.92 Å². The summed E-state index contributed by atoms with van der Waals surface area (Å²) in [5.41, 5.74) is 0. The molecule has 0 aliphatic carbocycles. The molecule has 1 heterocycles. The van der Waals surface area contributed by atoms with Crippen LogP contribution < -0.4 is 0 Å². The Morgan fingerprint density at radius 2 is 1.88 bits per heavy atom. The van der Waals surface area contributed by atoms with Gasteiger partial charge in [-0.2, -0.15) is 0 Å². The number of aliphatic carboxylic acids is 1. The zero-order chi connectivity index (χ0) is 12.1. The van der Waals surface area contributed by atoms with Gasteiger partial charge in [-0.15, -0.1) is 11.8 Å². The summed E-state index contributed by atoms with van der Waals surface area (Å²) in [6, 6.07) is 0. The number of thioether (sulfide) groups is 1. The Kier molecular flexibility index (Phi) is 5.12. The summed E-state index contributed by atoms with van der Waals surface area (Å²) in [7, 11) is 0. The maximum Gasteiger partial charge on any atom is 0.316 e. The Bertz CT molecular complexity index is 262. The van der Waals surface area contributed by atoms with Crippen molar-refractivity contribution in [2.45, 2.75) is 31.9 Å². The van der Waals surface area contributed by atoms with E-state index < -0.39 is 11.2 Å². The molecule has 1 aliphatic rings. The second-order valence-corrected chi connectivity index (χ2v) is 5.53. The molecule has 0 aromatic rings. The molecule has 4 nitrogen and oxygen atoms in total. The van der Waals surface area contributed by atoms with Crippen LogP contribution in [-0.4, -0.2) is 46.0 Å². The van der Waals surface area contributed by atoms with E-state index in [2.05, 4.69) is 0 Å². The van der Waals surface area contributed by atoms with E-state index in [1.165, 1.54) is 11.8 Å². The first-order valence-electron chi connectivity index (χ1n) is 5.64. The predicted octanol–water partition coefficient (Wildman–Crippen LogP) is 1.45. The number of likely N-dealkylation sites (tertiary alicyclic amines) is 1. The molecule has 0 aromatic carbocycles. The summed E-state index contributed by atoms with van der Waals surface area (Å²) >= 11 is 1.24. The monoisotopic (exact) mass is 245 g/mol. The van der Waals surface area contributed by atoms with Crippen molar-refractivity contribution < 1.29 is 14.7 Å². The maximum absolute atomic E-state index is 11.7. The van der Waals surface area contributed by atoms with Crippen molar-refractivity contribution >= 4 is 23.6 Å².